The first-order chi connectivity index (χ1) is 15.4. The van der Waals surface area contributed by atoms with E-state index in [9.17, 15) is 4.79 Å². The molecule has 0 bridgehead atoms. The van der Waals surface area contributed by atoms with Gasteiger partial charge in [0.1, 0.15) is 5.75 Å². The number of hydrogen-bond donors (Lipinski definition) is 2. The fourth-order valence-electron chi connectivity index (χ4n) is 3.45. The highest BCUT2D eigenvalue weighted by atomic mass is 35.5. The fraction of sp³-hybridized carbons (Fsp3) is 0.292. The molecule has 0 unspecified atom stereocenters. The molecule has 0 atom stereocenters. The van der Waals surface area contributed by atoms with E-state index in [0.717, 1.165) is 17.9 Å². The van der Waals surface area contributed by atoms with Crippen LogP contribution in [0, 0.1) is 13.8 Å². The van der Waals surface area contributed by atoms with Crippen molar-refractivity contribution in [2.45, 2.75) is 33.7 Å². The van der Waals surface area contributed by atoms with Crippen LogP contribution in [0.2, 0.25) is 5.02 Å². The van der Waals surface area contributed by atoms with Crippen molar-refractivity contribution in [2.75, 3.05) is 19.0 Å². The summed E-state index contributed by atoms with van der Waals surface area (Å²) in [7, 11) is 1.60. The Balaban J connectivity index is 1.81. The molecule has 3 rings (SSSR count). The van der Waals surface area contributed by atoms with Crippen LogP contribution in [0.25, 0.3) is 0 Å². The van der Waals surface area contributed by atoms with Crippen molar-refractivity contribution in [2.24, 2.45) is 4.99 Å². The molecule has 0 saturated heterocycles. The zero-order valence-corrected chi connectivity index (χ0v) is 19.5. The summed E-state index contributed by atoms with van der Waals surface area (Å²) in [4.78, 5) is 17.4. The number of hydrogen-bond acceptors (Lipinski definition) is 4. The largest absolute Gasteiger partial charge is 0.495 e. The second-order valence-electron chi connectivity index (χ2n) is 7.23. The van der Waals surface area contributed by atoms with Crippen molar-refractivity contribution in [3.63, 3.8) is 0 Å². The number of carbonyl (C=O) groups is 1. The van der Waals surface area contributed by atoms with Crippen molar-refractivity contribution < 1.29 is 9.53 Å². The topological polar surface area (TPSA) is 80.5 Å². The molecular formula is C24H28ClN5O2. The Morgan fingerprint density at radius 3 is 2.53 bits per heavy atom. The molecule has 8 heteroatoms. The van der Waals surface area contributed by atoms with Gasteiger partial charge in [-0.3, -0.25) is 19.8 Å². The average Bonchev–Trinajstić information content (AvgIpc) is 3.07. The molecule has 0 aliphatic rings. The fourth-order valence-corrected chi connectivity index (χ4v) is 3.58. The normalized spacial score (nSPS) is 11.3. The number of aliphatic imine (C=N–C) groups is 1. The lowest BCUT2D eigenvalue weighted by atomic mass is 10.1. The lowest BCUT2D eigenvalue weighted by molar-refractivity contribution is 0.0977. The van der Waals surface area contributed by atoms with Crippen molar-refractivity contribution in [3.05, 3.63) is 76.1 Å². The number of nitrogens with one attached hydrogen (secondary N) is 2. The minimum absolute atomic E-state index is 0.283. The van der Waals surface area contributed by atoms with Gasteiger partial charge in [0.05, 0.1) is 18.5 Å². The number of amides is 1. The number of aromatic nitrogens is 2. The van der Waals surface area contributed by atoms with Crippen molar-refractivity contribution in [1.82, 2.24) is 15.1 Å². The molecule has 1 aromatic heterocycles. The van der Waals surface area contributed by atoms with Crippen LogP contribution in [0.4, 0.5) is 5.69 Å². The molecule has 168 valence electrons. The van der Waals surface area contributed by atoms with Gasteiger partial charge in [0.15, 0.2) is 0 Å². The first-order valence-electron chi connectivity index (χ1n) is 10.5. The van der Waals surface area contributed by atoms with Crippen LogP contribution < -0.4 is 15.4 Å². The summed E-state index contributed by atoms with van der Waals surface area (Å²) in [6.45, 7) is 7.46. The minimum atomic E-state index is -0.283. The van der Waals surface area contributed by atoms with Gasteiger partial charge in [0.2, 0.25) is 5.96 Å². The SMILES string of the molecule is CCn1nc(C)c(CCN=C(NC(=O)c2ccc(Cl)cc2)Nc2ccccc2OC)c1C. The lowest BCUT2D eigenvalue weighted by Gasteiger charge is -2.14. The van der Waals surface area contributed by atoms with E-state index in [1.54, 1.807) is 31.4 Å². The smallest absolute Gasteiger partial charge is 0.257 e. The Kier molecular flexibility index (Phi) is 7.89. The van der Waals surface area contributed by atoms with Crippen molar-refractivity contribution in [1.29, 1.82) is 0 Å². The van der Waals surface area contributed by atoms with Crippen LogP contribution in [0.5, 0.6) is 5.75 Å². The number of methoxy groups -OCH3 is 1. The number of benzene rings is 2. The zero-order valence-electron chi connectivity index (χ0n) is 18.8. The molecule has 2 N–H and O–H groups in total. The van der Waals surface area contributed by atoms with Crippen molar-refractivity contribution >= 4 is 29.2 Å². The minimum Gasteiger partial charge on any atom is -0.495 e. The number of para-hydroxylation sites is 2. The molecule has 3 aromatic rings. The molecule has 0 aliphatic heterocycles. The number of halogens is 1. The molecule has 2 aromatic carbocycles. The lowest BCUT2D eigenvalue weighted by Crippen LogP contribution is -2.36. The number of aryl methyl sites for hydroxylation is 2. The number of rotatable bonds is 7. The Bertz CT molecular complexity index is 1110. The first-order valence-corrected chi connectivity index (χ1v) is 10.8. The third-order valence-electron chi connectivity index (χ3n) is 5.16. The van der Waals surface area contributed by atoms with Crippen LogP contribution in [-0.4, -0.2) is 35.3 Å². The number of anilines is 1. The highest BCUT2D eigenvalue weighted by Crippen LogP contribution is 2.23. The molecule has 0 saturated carbocycles. The Labute approximate surface area is 193 Å². The van der Waals surface area contributed by atoms with Crippen LogP contribution in [0.1, 0.15) is 34.2 Å². The average molecular weight is 454 g/mol. The third kappa shape index (κ3) is 5.68. The van der Waals surface area contributed by atoms with Gasteiger partial charge in [-0.25, -0.2) is 0 Å². The number of carbonyl (C=O) groups excluding carboxylic acids is 1. The summed E-state index contributed by atoms with van der Waals surface area (Å²) in [6, 6.07) is 14.2. The van der Waals surface area contributed by atoms with E-state index in [0.29, 0.717) is 40.9 Å². The predicted octanol–water partition coefficient (Wildman–Crippen LogP) is 4.62. The summed E-state index contributed by atoms with van der Waals surface area (Å²) in [5.74, 6) is 0.707. The molecule has 1 heterocycles. The van der Waals surface area contributed by atoms with Gasteiger partial charge < -0.3 is 10.1 Å². The van der Waals surface area contributed by atoms with Crippen LogP contribution in [0.15, 0.2) is 53.5 Å². The summed E-state index contributed by atoms with van der Waals surface area (Å²) < 4.78 is 7.40. The third-order valence-corrected chi connectivity index (χ3v) is 5.41. The maximum atomic E-state index is 12.8. The van der Waals surface area contributed by atoms with Crippen LogP contribution in [-0.2, 0) is 13.0 Å². The molecule has 0 aliphatic carbocycles. The summed E-state index contributed by atoms with van der Waals surface area (Å²) >= 11 is 5.94. The molecule has 0 radical (unpaired) electrons. The van der Waals surface area contributed by atoms with E-state index in [4.69, 9.17) is 16.3 Å². The van der Waals surface area contributed by atoms with E-state index in [1.165, 1.54) is 5.56 Å². The summed E-state index contributed by atoms with van der Waals surface area (Å²) in [5.41, 5.74) is 4.51. The molecule has 0 fully saturated rings. The number of ether oxygens (including phenoxy) is 1. The van der Waals surface area contributed by atoms with Gasteiger partial charge in [-0.2, -0.15) is 5.10 Å². The number of nitrogens with zero attached hydrogens (tertiary/aromatic N) is 3. The van der Waals surface area contributed by atoms with Gasteiger partial charge in [0.25, 0.3) is 5.91 Å². The second-order valence-corrected chi connectivity index (χ2v) is 7.67. The maximum Gasteiger partial charge on any atom is 0.257 e. The van der Waals surface area contributed by atoms with Gasteiger partial charge in [0, 0.05) is 29.4 Å². The van der Waals surface area contributed by atoms with E-state index in [-0.39, 0.29) is 5.91 Å². The van der Waals surface area contributed by atoms with E-state index in [1.807, 2.05) is 35.9 Å². The van der Waals surface area contributed by atoms with Gasteiger partial charge in [-0.1, -0.05) is 23.7 Å². The summed E-state index contributed by atoms with van der Waals surface area (Å²) in [5, 5.41) is 11.2. The Hall–Kier alpha value is -3.32. The van der Waals surface area contributed by atoms with Crippen LogP contribution >= 0.6 is 11.6 Å². The monoisotopic (exact) mass is 453 g/mol. The van der Waals surface area contributed by atoms with E-state index < -0.39 is 0 Å². The Morgan fingerprint density at radius 2 is 1.88 bits per heavy atom. The second kappa shape index (κ2) is 10.8. The van der Waals surface area contributed by atoms with Gasteiger partial charge in [-0.05, 0) is 69.2 Å². The highest BCUT2D eigenvalue weighted by molar-refractivity contribution is 6.30. The summed E-state index contributed by atoms with van der Waals surface area (Å²) in [6.07, 6.45) is 0.714. The van der Waals surface area contributed by atoms with E-state index >= 15 is 0 Å². The Morgan fingerprint density at radius 1 is 1.16 bits per heavy atom. The van der Waals surface area contributed by atoms with Gasteiger partial charge >= 0.3 is 0 Å². The van der Waals surface area contributed by atoms with E-state index in [2.05, 4.69) is 34.6 Å². The van der Waals surface area contributed by atoms with Crippen LogP contribution in [0.3, 0.4) is 0 Å². The molecule has 7 nitrogen and oxygen atoms in total. The molecule has 1 amide bonds. The quantitative estimate of drug-likeness (QED) is 0.404. The maximum absolute atomic E-state index is 12.8. The molecule has 0 spiro atoms. The predicted molar refractivity (Wildman–Crippen MR) is 129 cm³/mol. The molecular weight excluding hydrogens is 426 g/mol. The zero-order chi connectivity index (χ0) is 23.1. The molecule has 32 heavy (non-hydrogen) atoms. The standard InChI is InChI=1S/C24H28ClN5O2/c1-5-30-17(3)20(16(2)29-30)14-15-26-24(27-21-8-6-7-9-22(21)32-4)28-23(31)18-10-12-19(25)13-11-18/h6-13H,5,14-15H2,1-4H3,(H2,26,27,28,31). The highest BCUT2D eigenvalue weighted by Gasteiger charge is 2.13. The van der Waals surface area contributed by atoms with Gasteiger partial charge in [-0.15, -0.1) is 0 Å². The number of guanidine groups is 1. The first kappa shape index (κ1) is 23.3. The van der Waals surface area contributed by atoms with Crippen molar-refractivity contribution in [3.8, 4) is 5.75 Å².